The van der Waals surface area contributed by atoms with Crippen LogP contribution in [0.15, 0.2) is 0 Å². The Bertz CT molecular complexity index is 62.3. The first-order valence-electron chi connectivity index (χ1n) is 3.90. The molecule has 0 fully saturated rings. The first-order chi connectivity index (χ1) is 4.85. The van der Waals surface area contributed by atoms with Gasteiger partial charge in [-0.1, -0.05) is 0 Å². The molecule has 0 bridgehead atoms. The van der Waals surface area contributed by atoms with E-state index in [-0.39, 0.29) is 20.9 Å². The van der Waals surface area contributed by atoms with Gasteiger partial charge in [0.05, 0.1) is 0 Å². The third-order valence-electron chi connectivity index (χ3n) is 1.57. The molecule has 0 aromatic carbocycles. The van der Waals surface area contributed by atoms with E-state index < -0.39 is 0 Å². The van der Waals surface area contributed by atoms with Crippen LogP contribution in [0.1, 0.15) is 32.6 Å². The minimum absolute atomic E-state index is 0.147. The van der Waals surface area contributed by atoms with Gasteiger partial charge in [-0.2, -0.15) is 0 Å². The Morgan fingerprint density at radius 2 is 2.10 bits per heavy atom. The molecule has 1 atom stereocenters. The van der Waals surface area contributed by atoms with Gasteiger partial charge in [0.1, 0.15) is 0 Å². The maximum absolute atomic E-state index is 5.30. The molecule has 1 nitrogen and oxygen atoms in total. The predicted molar refractivity (Wildman–Crippen MR) is 46.6 cm³/mol. The van der Waals surface area contributed by atoms with E-state index in [4.69, 9.17) is 4.74 Å². The van der Waals surface area contributed by atoms with Crippen LogP contribution in [-0.4, -0.2) is 32.2 Å². The summed E-state index contributed by atoms with van der Waals surface area (Å²) in [5.41, 5.74) is 0. The average molecular weight is 258 g/mol. The zero-order valence-electron chi connectivity index (χ0n) is 7.22. The van der Waals surface area contributed by atoms with Crippen LogP contribution in [0, 0.1) is 0 Å². The molecule has 0 rings (SSSR count). The topological polar surface area (TPSA) is 9.23 Å². The van der Waals surface area contributed by atoms with E-state index in [1.165, 1.54) is 25.7 Å². The summed E-state index contributed by atoms with van der Waals surface area (Å²) in [6.45, 7) is 2.24. The molecule has 0 aliphatic rings. The van der Waals surface area contributed by atoms with Crippen molar-refractivity contribution >= 4 is 20.9 Å². The summed E-state index contributed by atoms with van der Waals surface area (Å²) in [4.78, 5) is 2.31. The van der Waals surface area contributed by atoms with Crippen LogP contribution < -0.4 is 0 Å². The molecule has 0 aromatic rings. The number of hydrogen-bond donors (Lipinski definition) is 0. The van der Waals surface area contributed by atoms with Gasteiger partial charge in [-0.15, -0.1) is 0 Å². The molecule has 0 aliphatic heterocycles. The van der Waals surface area contributed by atoms with E-state index in [1.807, 2.05) is 7.11 Å². The molecule has 0 N–H and O–H groups in total. The van der Waals surface area contributed by atoms with Gasteiger partial charge in [0.2, 0.25) is 0 Å². The van der Waals surface area contributed by atoms with Gasteiger partial charge in [0.15, 0.2) is 0 Å². The summed E-state index contributed by atoms with van der Waals surface area (Å²) < 4.78 is 5.94. The van der Waals surface area contributed by atoms with E-state index in [0.29, 0.717) is 4.15 Å². The molecule has 0 amide bonds. The molecule has 2 heteroatoms. The Morgan fingerprint density at radius 3 is 2.50 bits per heavy atom. The second-order valence-corrected chi connectivity index (χ2v) is 5.24. The fourth-order valence-electron chi connectivity index (χ4n) is 0.893. The van der Waals surface area contributed by atoms with Crippen molar-refractivity contribution in [1.29, 1.82) is 0 Å². The van der Waals surface area contributed by atoms with Gasteiger partial charge in [0.25, 0.3) is 0 Å². The van der Waals surface area contributed by atoms with E-state index >= 15 is 0 Å². The van der Waals surface area contributed by atoms with E-state index in [1.54, 1.807) is 0 Å². The fourth-order valence-corrected chi connectivity index (χ4v) is 2.59. The summed E-state index contributed by atoms with van der Waals surface area (Å²) >= 11 is 0.147. The molecule has 10 heavy (non-hydrogen) atoms. The number of hydrogen-bond acceptors (Lipinski definition) is 1. The molecule has 0 spiro atoms. The van der Waals surface area contributed by atoms with Gasteiger partial charge in [-0.05, 0) is 0 Å². The van der Waals surface area contributed by atoms with Crippen LogP contribution in [0.5, 0.6) is 0 Å². The van der Waals surface area contributed by atoms with E-state index in [2.05, 4.69) is 11.9 Å². The van der Waals surface area contributed by atoms with Crippen molar-refractivity contribution in [1.82, 2.24) is 0 Å². The molecule has 0 radical (unpaired) electrons. The summed E-state index contributed by atoms with van der Waals surface area (Å²) in [5.74, 6) is 0. The molecular formula is C8H18OTe. The summed E-state index contributed by atoms with van der Waals surface area (Å²) in [6.07, 6.45) is 5.34. The zero-order valence-corrected chi connectivity index (χ0v) is 9.55. The van der Waals surface area contributed by atoms with Crippen molar-refractivity contribution in [2.75, 3.05) is 7.11 Å². The molecule has 0 saturated carbocycles. The van der Waals surface area contributed by atoms with Gasteiger partial charge < -0.3 is 0 Å². The van der Waals surface area contributed by atoms with Crippen molar-refractivity contribution in [3.8, 4) is 0 Å². The van der Waals surface area contributed by atoms with Crippen molar-refractivity contribution in [2.24, 2.45) is 0 Å². The van der Waals surface area contributed by atoms with Crippen molar-refractivity contribution < 1.29 is 4.74 Å². The van der Waals surface area contributed by atoms with Crippen LogP contribution in [-0.2, 0) is 4.74 Å². The quantitative estimate of drug-likeness (QED) is 0.524. The van der Waals surface area contributed by atoms with E-state index in [0.717, 1.165) is 0 Å². The molecule has 62 valence electrons. The number of ether oxygens (including phenoxy) is 1. The molecule has 0 heterocycles. The SMILES string of the molecule is CCCCCC(OC)[Te]C. The van der Waals surface area contributed by atoms with E-state index in [9.17, 15) is 0 Å². The third kappa shape index (κ3) is 5.53. The Hall–Kier alpha value is 0.750. The minimum atomic E-state index is 0.147. The van der Waals surface area contributed by atoms with Gasteiger partial charge in [-0.25, -0.2) is 0 Å². The first-order valence-corrected chi connectivity index (χ1v) is 7.58. The number of methoxy groups -OCH3 is 1. The molecule has 0 aromatic heterocycles. The standard InChI is InChI=1S/C8H18OTe/c1-4-5-6-7-8(9-2)10-3/h8H,4-7H2,1-3H3. The summed E-state index contributed by atoms with van der Waals surface area (Å²) in [5, 5.41) is 0. The number of unbranched alkanes of at least 4 members (excludes halogenated alkanes) is 2. The summed E-state index contributed by atoms with van der Waals surface area (Å²) in [7, 11) is 1.84. The summed E-state index contributed by atoms with van der Waals surface area (Å²) in [6, 6.07) is 0. The van der Waals surface area contributed by atoms with Crippen molar-refractivity contribution in [3.05, 3.63) is 0 Å². The van der Waals surface area contributed by atoms with Crippen LogP contribution >= 0.6 is 0 Å². The normalized spacial score (nSPS) is 13.5. The average Bonchev–Trinajstić information content (AvgIpc) is 1.99. The Balaban J connectivity index is 3.09. The third-order valence-corrected chi connectivity index (χ3v) is 4.29. The second-order valence-electron chi connectivity index (χ2n) is 2.40. The van der Waals surface area contributed by atoms with Gasteiger partial charge in [-0.3, -0.25) is 0 Å². The Morgan fingerprint density at radius 1 is 1.40 bits per heavy atom. The second kappa shape index (κ2) is 7.85. The first kappa shape index (κ1) is 10.7. The maximum atomic E-state index is 5.30. The van der Waals surface area contributed by atoms with Crippen LogP contribution in [0.3, 0.4) is 0 Å². The van der Waals surface area contributed by atoms with Gasteiger partial charge >= 0.3 is 74.5 Å². The Labute approximate surface area is 74.6 Å². The molecular weight excluding hydrogens is 240 g/mol. The monoisotopic (exact) mass is 260 g/mol. The molecule has 0 aliphatic carbocycles. The van der Waals surface area contributed by atoms with Crippen LogP contribution in [0.2, 0.25) is 4.97 Å². The van der Waals surface area contributed by atoms with Crippen molar-refractivity contribution in [2.45, 2.75) is 41.7 Å². The van der Waals surface area contributed by atoms with Gasteiger partial charge in [0, 0.05) is 0 Å². The predicted octanol–water partition coefficient (Wildman–Crippen LogP) is 2.29. The number of rotatable bonds is 6. The fraction of sp³-hybridized carbons (Fsp3) is 1.00. The molecule has 1 unspecified atom stereocenters. The van der Waals surface area contributed by atoms with Crippen LogP contribution in [0.4, 0.5) is 0 Å². The Kier molecular flexibility index (Phi) is 8.44. The molecule has 0 saturated heterocycles. The van der Waals surface area contributed by atoms with Crippen LogP contribution in [0.25, 0.3) is 0 Å². The van der Waals surface area contributed by atoms with Crippen molar-refractivity contribution in [3.63, 3.8) is 0 Å². The zero-order chi connectivity index (χ0) is 7.82.